The summed E-state index contributed by atoms with van der Waals surface area (Å²) in [5, 5.41) is 18.3. The Morgan fingerprint density at radius 2 is 1.52 bits per heavy atom. The average Bonchev–Trinajstić information content (AvgIpc) is 2.54. The molecule has 0 spiro atoms. The molecular formula is C19H34N2O2. The van der Waals surface area contributed by atoms with E-state index in [0.717, 1.165) is 18.5 Å². The average molecular weight is 322 g/mol. The Hall–Kier alpha value is -1.10. The van der Waals surface area contributed by atoms with Gasteiger partial charge in [-0.3, -0.25) is 0 Å². The molecule has 2 N–H and O–H groups in total. The van der Waals surface area contributed by atoms with Gasteiger partial charge in [0.25, 0.3) is 0 Å². The molecule has 4 heteroatoms. The Kier molecular flexibility index (Phi) is 8.59. The van der Waals surface area contributed by atoms with Gasteiger partial charge in [0.2, 0.25) is 0 Å². The molecule has 0 saturated carbocycles. The van der Waals surface area contributed by atoms with Crippen LogP contribution in [0.4, 0.5) is 5.69 Å². The van der Waals surface area contributed by atoms with Crippen LogP contribution in [0.2, 0.25) is 0 Å². The van der Waals surface area contributed by atoms with Gasteiger partial charge >= 0.3 is 0 Å². The number of aliphatic hydroxyl groups excluding tert-OH is 2. The van der Waals surface area contributed by atoms with Crippen LogP contribution in [0.3, 0.4) is 0 Å². The van der Waals surface area contributed by atoms with Gasteiger partial charge in [-0.2, -0.15) is 0 Å². The molecule has 0 bridgehead atoms. The number of benzene rings is 1. The predicted molar refractivity (Wildman–Crippen MR) is 98.1 cm³/mol. The first-order chi connectivity index (χ1) is 11.0. The lowest BCUT2D eigenvalue weighted by molar-refractivity contribution is 0.131. The summed E-state index contributed by atoms with van der Waals surface area (Å²) in [6, 6.07) is 8.56. The molecule has 0 saturated heterocycles. The molecule has 0 fully saturated rings. The van der Waals surface area contributed by atoms with E-state index in [9.17, 15) is 0 Å². The van der Waals surface area contributed by atoms with Crippen LogP contribution in [-0.4, -0.2) is 61.1 Å². The van der Waals surface area contributed by atoms with Crippen molar-refractivity contribution in [1.82, 2.24) is 4.90 Å². The summed E-state index contributed by atoms with van der Waals surface area (Å²) >= 11 is 0. The number of hydrogen-bond acceptors (Lipinski definition) is 4. The Morgan fingerprint density at radius 1 is 0.957 bits per heavy atom. The quantitative estimate of drug-likeness (QED) is 0.657. The Bertz CT molecular complexity index is 428. The summed E-state index contributed by atoms with van der Waals surface area (Å²) in [7, 11) is 4.36. The van der Waals surface area contributed by atoms with Crippen molar-refractivity contribution in [3.8, 4) is 0 Å². The molecule has 4 nitrogen and oxygen atoms in total. The Labute approximate surface area is 141 Å². The SMILES string of the molecule is CCCC(CC)(Cc1ccc(N(CCO)CCO)cc1)N(C)C. The third-order valence-corrected chi connectivity index (χ3v) is 4.90. The second-order valence-corrected chi connectivity index (χ2v) is 6.50. The highest BCUT2D eigenvalue weighted by Crippen LogP contribution is 2.28. The number of nitrogens with zero attached hydrogens (tertiary/aromatic N) is 2. The van der Waals surface area contributed by atoms with Crippen molar-refractivity contribution in [2.45, 2.75) is 45.1 Å². The smallest absolute Gasteiger partial charge is 0.0606 e. The molecule has 0 aliphatic heterocycles. The van der Waals surface area contributed by atoms with Crippen molar-refractivity contribution in [3.05, 3.63) is 29.8 Å². The van der Waals surface area contributed by atoms with Crippen molar-refractivity contribution in [2.75, 3.05) is 45.3 Å². The number of hydrogen-bond donors (Lipinski definition) is 2. The molecule has 132 valence electrons. The summed E-state index contributed by atoms with van der Waals surface area (Å²) < 4.78 is 0. The highest BCUT2D eigenvalue weighted by atomic mass is 16.3. The molecule has 1 rings (SSSR count). The van der Waals surface area contributed by atoms with Crippen LogP contribution in [0.15, 0.2) is 24.3 Å². The van der Waals surface area contributed by atoms with Gasteiger partial charge in [-0.05, 0) is 51.1 Å². The topological polar surface area (TPSA) is 46.9 Å². The van der Waals surface area contributed by atoms with E-state index in [0.29, 0.717) is 13.1 Å². The minimum atomic E-state index is 0.0951. The maximum absolute atomic E-state index is 9.16. The van der Waals surface area contributed by atoms with Crippen LogP contribution in [-0.2, 0) is 6.42 Å². The van der Waals surface area contributed by atoms with Gasteiger partial charge in [-0.25, -0.2) is 0 Å². The summed E-state index contributed by atoms with van der Waals surface area (Å²) in [6.07, 6.45) is 4.56. The molecular weight excluding hydrogens is 288 g/mol. The van der Waals surface area contributed by atoms with E-state index >= 15 is 0 Å². The highest BCUT2D eigenvalue weighted by Gasteiger charge is 2.29. The maximum Gasteiger partial charge on any atom is 0.0606 e. The van der Waals surface area contributed by atoms with Crippen LogP contribution < -0.4 is 4.90 Å². The molecule has 0 aliphatic carbocycles. The molecule has 0 radical (unpaired) electrons. The van der Waals surface area contributed by atoms with Gasteiger partial charge in [0.1, 0.15) is 0 Å². The zero-order valence-corrected chi connectivity index (χ0v) is 15.3. The van der Waals surface area contributed by atoms with E-state index in [-0.39, 0.29) is 18.8 Å². The zero-order valence-electron chi connectivity index (χ0n) is 15.3. The van der Waals surface area contributed by atoms with E-state index in [1.165, 1.54) is 18.4 Å². The second kappa shape index (κ2) is 9.91. The fourth-order valence-corrected chi connectivity index (χ4v) is 3.37. The zero-order chi connectivity index (χ0) is 17.3. The second-order valence-electron chi connectivity index (χ2n) is 6.50. The fraction of sp³-hybridized carbons (Fsp3) is 0.684. The summed E-state index contributed by atoms with van der Waals surface area (Å²) in [5.74, 6) is 0. The van der Waals surface area contributed by atoms with Crippen LogP contribution in [0.25, 0.3) is 0 Å². The fourth-order valence-electron chi connectivity index (χ4n) is 3.37. The van der Waals surface area contributed by atoms with Crippen molar-refractivity contribution in [3.63, 3.8) is 0 Å². The molecule has 1 atom stereocenters. The normalized spacial score (nSPS) is 14.0. The minimum absolute atomic E-state index is 0.0951. The first-order valence-corrected chi connectivity index (χ1v) is 8.76. The van der Waals surface area contributed by atoms with E-state index in [4.69, 9.17) is 10.2 Å². The Balaban J connectivity index is 2.89. The van der Waals surface area contributed by atoms with E-state index in [2.05, 4.69) is 57.1 Å². The highest BCUT2D eigenvalue weighted by molar-refractivity contribution is 5.47. The monoisotopic (exact) mass is 322 g/mol. The largest absolute Gasteiger partial charge is 0.395 e. The van der Waals surface area contributed by atoms with Gasteiger partial charge in [0.15, 0.2) is 0 Å². The lowest BCUT2D eigenvalue weighted by atomic mass is 9.83. The van der Waals surface area contributed by atoms with Crippen molar-refractivity contribution < 1.29 is 10.2 Å². The molecule has 0 aromatic heterocycles. The molecule has 0 heterocycles. The first kappa shape index (κ1) is 19.9. The lowest BCUT2D eigenvalue weighted by Crippen LogP contribution is -2.45. The van der Waals surface area contributed by atoms with Gasteiger partial charge in [0, 0.05) is 24.3 Å². The molecule has 0 amide bonds. The Morgan fingerprint density at radius 3 is 1.91 bits per heavy atom. The number of aliphatic hydroxyl groups is 2. The van der Waals surface area contributed by atoms with E-state index in [1.54, 1.807) is 0 Å². The van der Waals surface area contributed by atoms with Crippen LogP contribution >= 0.6 is 0 Å². The maximum atomic E-state index is 9.16. The van der Waals surface area contributed by atoms with Gasteiger partial charge < -0.3 is 20.0 Å². The van der Waals surface area contributed by atoms with Crippen molar-refractivity contribution >= 4 is 5.69 Å². The van der Waals surface area contributed by atoms with Gasteiger partial charge in [-0.1, -0.05) is 32.4 Å². The van der Waals surface area contributed by atoms with Crippen LogP contribution in [0.1, 0.15) is 38.7 Å². The molecule has 1 unspecified atom stereocenters. The van der Waals surface area contributed by atoms with Crippen LogP contribution in [0.5, 0.6) is 0 Å². The first-order valence-electron chi connectivity index (χ1n) is 8.76. The number of likely N-dealkylation sites (N-methyl/N-ethyl adjacent to an activating group) is 1. The third kappa shape index (κ3) is 5.48. The predicted octanol–water partition coefficient (Wildman–Crippen LogP) is 2.53. The molecule has 23 heavy (non-hydrogen) atoms. The van der Waals surface area contributed by atoms with Crippen LogP contribution in [0, 0.1) is 0 Å². The minimum Gasteiger partial charge on any atom is -0.395 e. The van der Waals surface area contributed by atoms with Gasteiger partial charge in [0.05, 0.1) is 13.2 Å². The van der Waals surface area contributed by atoms with Crippen molar-refractivity contribution in [1.29, 1.82) is 0 Å². The summed E-state index contributed by atoms with van der Waals surface area (Å²) in [6.45, 7) is 5.81. The summed E-state index contributed by atoms with van der Waals surface area (Å²) in [4.78, 5) is 4.38. The summed E-state index contributed by atoms with van der Waals surface area (Å²) in [5.41, 5.74) is 2.61. The molecule has 0 aliphatic rings. The van der Waals surface area contributed by atoms with Crippen molar-refractivity contribution in [2.24, 2.45) is 0 Å². The van der Waals surface area contributed by atoms with E-state index < -0.39 is 0 Å². The van der Waals surface area contributed by atoms with E-state index in [1.807, 2.05) is 4.90 Å². The molecule has 1 aromatic carbocycles. The van der Waals surface area contributed by atoms with Gasteiger partial charge in [-0.15, -0.1) is 0 Å². The number of anilines is 1. The standard InChI is InChI=1S/C19H34N2O2/c1-5-11-19(6-2,20(3)4)16-17-7-9-18(10-8-17)21(12-14-22)13-15-23/h7-10,22-23H,5-6,11-16H2,1-4H3. The number of rotatable bonds is 11. The molecule has 1 aromatic rings. The lowest BCUT2D eigenvalue weighted by Gasteiger charge is -2.40. The third-order valence-electron chi connectivity index (χ3n) is 4.90.